The number of hydrogen-bond acceptors (Lipinski definition) is 3. The molecule has 0 aliphatic heterocycles. The van der Waals surface area contributed by atoms with Crippen LogP contribution < -0.4 is 11.5 Å². The molecule has 1 heterocycles. The smallest absolute Gasteiger partial charge is 0.412 e. The zero-order valence-electron chi connectivity index (χ0n) is 8.26. The topological polar surface area (TPSA) is 72.0 Å². The van der Waals surface area contributed by atoms with Gasteiger partial charge in [0, 0.05) is 12.0 Å². The maximum Gasteiger partial charge on any atom is 0.416 e. The summed E-state index contributed by atoms with van der Waals surface area (Å²) in [6.07, 6.45) is 0.871. The lowest BCUT2D eigenvalue weighted by molar-refractivity contribution is 0.405. The second-order valence-electron chi connectivity index (χ2n) is 3.36. The minimum Gasteiger partial charge on any atom is -0.412 e. The Labute approximate surface area is 77.1 Å². The Balaban J connectivity index is 2.94. The Bertz CT molecular complexity index is 327. The number of rotatable bonds is 3. The van der Waals surface area contributed by atoms with E-state index in [9.17, 15) is 4.79 Å². The molecule has 2 unspecified atom stereocenters. The van der Waals surface area contributed by atoms with Gasteiger partial charge in [-0.1, -0.05) is 13.8 Å². The zero-order valence-corrected chi connectivity index (χ0v) is 8.26. The maximum atomic E-state index is 10.9. The van der Waals surface area contributed by atoms with Crippen LogP contribution in [0.3, 0.4) is 0 Å². The molecular weight excluding hydrogens is 168 g/mol. The van der Waals surface area contributed by atoms with Crippen molar-refractivity contribution in [2.75, 3.05) is 0 Å². The maximum absolute atomic E-state index is 10.9. The van der Waals surface area contributed by atoms with E-state index in [2.05, 4.69) is 4.98 Å². The van der Waals surface area contributed by atoms with E-state index in [1.54, 1.807) is 0 Å². The first-order chi connectivity index (χ1) is 6.06. The molecule has 0 aliphatic carbocycles. The molecule has 1 aromatic rings. The van der Waals surface area contributed by atoms with Crippen LogP contribution in [0.4, 0.5) is 0 Å². The van der Waals surface area contributed by atoms with Gasteiger partial charge in [-0.3, -0.25) is 4.98 Å². The standard InChI is InChI=1S/C9H16N2O2/c1-4-7(10)5(2)8-6(3)11-9(12)13-8/h5,7H,4,10H2,1-3H3,(H,11,12). The van der Waals surface area contributed by atoms with E-state index in [1.807, 2.05) is 20.8 Å². The molecule has 2 atom stereocenters. The monoisotopic (exact) mass is 184 g/mol. The molecule has 1 aromatic heterocycles. The van der Waals surface area contributed by atoms with E-state index < -0.39 is 5.76 Å². The van der Waals surface area contributed by atoms with Crippen LogP contribution >= 0.6 is 0 Å². The molecule has 74 valence electrons. The molecule has 0 radical (unpaired) electrons. The van der Waals surface area contributed by atoms with Gasteiger partial charge in [-0.2, -0.15) is 0 Å². The van der Waals surface area contributed by atoms with Gasteiger partial charge in [-0.05, 0) is 13.3 Å². The van der Waals surface area contributed by atoms with Crippen molar-refractivity contribution in [1.29, 1.82) is 0 Å². The molecule has 3 N–H and O–H groups in total. The molecule has 4 heteroatoms. The molecule has 0 amide bonds. The molecule has 0 aliphatic rings. The Morgan fingerprint density at radius 2 is 2.23 bits per heavy atom. The fourth-order valence-electron chi connectivity index (χ4n) is 1.40. The van der Waals surface area contributed by atoms with E-state index in [4.69, 9.17) is 10.2 Å². The normalized spacial score (nSPS) is 15.7. The summed E-state index contributed by atoms with van der Waals surface area (Å²) >= 11 is 0. The number of nitrogens with one attached hydrogen (secondary N) is 1. The third kappa shape index (κ3) is 2.01. The molecule has 1 rings (SSSR count). The highest BCUT2D eigenvalue weighted by Crippen LogP contribution is 2.20. The van der Waals surface area contributed by atoms with Gasteiger partial charge in [0.05, 0.1) is 5.69 Å². The zero-order chi connectivity index (χ0) is 10.0. The average molecular weight is 184 g/mol. The van der Waals surface area contributed by atoms with Gasteiger partial charge in [-0.15, -0.1) is 0 Å². The highest BCUT2D eigenvalue weighted by atomic mass is 16.4. The highest BCUT2D eigenvalue weighted by molar-refractivity contribution is 5.11. The summed E-state index contributed by atoms with van der Waals surface area (Å²) < 4.78 is 5.01. The summed E-state index contributed by atoms with van der Waals surface area (Å²) in [5, 5.41) is 0. The van der Waals surface area contributed by atoms with Crippen molar-refractivity contribution < 1.29 is 4.42 Å². The average Bonchev–Trinajstić information content (AvgIpc) is 2.42. The largest absolute Gasteiger partial charge is 0.416 e. The summed E-state index contributed by atoms with van der Waals surface area (Å²) in [6.45, 7) is 5.80. The minimum atomic E-state index is -0.400. The number of H-pyrrole nitrogens is 1. The SMILES string of the molecule is CCC(N)C(C)c1oc(=O)[nH]c1C. The lowest BCUT2D eigenvalue weighted by Crippen LogP contribution is -2.25. The fraction of sp³-hybridized carbons (Fsp3) is 0.667. The first kappa shape index (κ1) is 10.1. The van der Waals surface area contributed by atoms with Crippen LogP contribution in [0.2, 0.25) is 0 Å². The lowest BCUT2D eigenvalue weighted by atomic mass is 9.97. The first-order valence-corrected chi connectivity index (χ1v) is 4.51. The highest BCUT2D eigenvalue weighted by Gasteiger charge is 2.19. The van der Waals surface area contributed by atoms with Crippen molar-refractivity contribution in [3.8, 4) is 0 Å². The number of aromatic nitrogens is 1. The van der Waals surface area contributed by atoms with Gasteiger partial charge in [0.15, 0.2) is 0 Å². The molecule has 0 fully saturated rings. The third-order valence-electron chi connectivity index (χ3n) is 2.39. The predicted octanol–water partition coefficient (Wildman–Crippen LogP) is 1.12. The quantitative estimate of drug-likeness (QED) is 0.739. The van der Waals surface area contributed by atoms with Gasteiger partial charge >= 0.3 is 5.76 Å². The van der Waals surface area contributed by atoms with Crippen molar-refractivity contribution in [1.82, 2.24) is 4.98 Å². The lowest BCUT2D eigenvalue weighted by Gasteiger charge is -2.15. The molecule has 0 spiro atoms. The van der Waals surface area contributed by atoms with E-state index >= 15 is 0 Å². The van der Waals surface area contributed by atoms with Gasteiger partial charge in [0.25, 0.3) is 0 Å². The van der Waals surface area contributed by atoms with Crippen molar-refractivity contribution in [3.63, 3.8) is 0 Å². The summed E-state index contributed by atoms with van der Waals surface area (Å²) in [4.78, 5) is 13.5. The van der Waals surface area contributed by atoms with E-state index in [-0.39, 0.29) is 12.0 Å². The van der Waals surface area contributed by atoms with Crippen molar-refractivity contribution in [2.45, 2.75) is 39.2 Å². The number of hydrogen-bond donors (Lipinski definition) is 2. The molecule has 13 heavy (non-hydrogen) atoms. The predicted molar refractivity (Wildman–Crippen MR) is 50.7 cm³/mol. The van der Waals surface area contributed by atoms with Crippen LogP contribution in [0, 0.1) is 6.92 Å². The first-order valence-electron chi connectivity index (χ1n) is 4.51. The number of aromatic amines is 1. The van der Waals surface area contributed by atoms with Gasteiger partial charge in [0.2, 0.25) is 0 Å². The number of aryl methyl sites for hydroxylation is 1. The second-order valence-corrected chi connectivity index (χ2v) is 3.36. The molecule has 0 bridgehead atoms. The number of oxazole rings is 1. The van der Waals surface area contributed by atoms with Crippen molar-refractivity contribution >= 4 is 0 Å². The summed E-state index contributed by atoms with van der Waals surface area (Å²) in [6, 6.07) is 0.0395. The second kappa shape index (κ2) is 3.79. The molecule has 0 saturated carbocycles. The van der Waals surface area contributed by atoms with Gasteiger partial charge < -0.3 is 10.2 Å². The van der Waals surface area contributed by atoms with Crippen LogP contribution in [0.5, 0.6) is 0 Å². The Morgan fingerprint density at radius 3 is 2.62 bits per heavy atom. The van der Waals surface area contributed by atoms with Crippen LogP contribution in [-0.4, -0.2) is 11.0 Å². The molecular formula is C9H16N2O2. The van der Waals surface area contributed by atoms with E-state index in [0.717, 1.165) is 12.1 Å². The van der Waals surface area contributed by atoms with Crippen LogP contribution in [0.15, 0.2) is 9.21 Å². The summed E-state index contributed by atoms with van der Waals surface area (Å²) in [5.41, 5.74) is 6.63. The fourth-order valence-corrected chi connectivity index (χ4v) is 1.40. The minimum absolute atomic E-state index is 0.0395. The van der Waals surface area contributed by atoms with Crippen LogP contribution in [0.25, 0.3) is 0 Å². The Kier molecular flexibility index (Phi) is 2.93. The van der Waals surface area contributed by atoms with Crippen LogP contribution in [-0.2, 0) is 0 Å². The Morgan fingerprint density at radius 1 is 1.62 bits per heavy atom. The van der Waals surface area contributed by atoms with Gasteiger partial charge in [-0.25, -0.2) is 4.79 Å². The summed E-state index contributed by atoms with van der Waals surface area (Å²) in [5.74, 6) is 0.367. The van der Waals surface area contributed by atoms with Crippen LogP contribution in [0.1, 0.15) is 37.6 Å². The van der Waals surface area contributed by atoms with Crippen molar-refractivity contribution in [3.05, 3.63) is 22.0 Å². The summed E-state index contributed by atoms with van der Waals surface area (Å²) in [7, 11) is 0. The van der Waals surface area contributed by atoms with Gasteiger partial charge in [0.1, 0.15) is 5.76 Å². The number of nitrogens with two attached hydrogens (primary N) is 1. The van der Waals surface area contributed by atoms with E-state index in [1.165, 1.54) is 0 Å². The molecule has 4 nitrogen and oxygen atoms in total. The molecule has 0 saturated heterocycles. The van der Waals surface area contributed by atoms with E-state index in [0.29, 0.717) is 5.76 Å². The molecule has 0 aromatic carbocycles. The van der Waals surface area contributed by atoms with Crippen molar-refractivity contribution in [2.24, 2.45) is 5.73 Å². The third-order valence-corrected chi connectivity index (χ3v) is 2.39. The Hall–Kier alpha value is -1.03.